The van der Waals surface area contributed by atoms with Crippen LogP contribution in [0.25, 0.3) is 0 Å². The normalized spacial score (nSPS) is 21.7. The summed E-state index contributed by atoms with van der Waals surface area (Å²) in [4.78, 5) is 18.5. The fourth-order valence-corrected chi connectivity index (χ4v) is 6.02. The molecule has 7 nitrogen and oxygen atoms in total. The maximum absolute atomic E-state index is 13.3. The molecule has 2 aliphatic heterocycles. The monoisotopic (exact) mass is 455 g/mol. The Hall–Kier alpha value is -2.66. The van der Waals surface area contributed by atoms with E-state index in [1.54, 1.807) is 17.9 Å². The van der Waals surface area contributed by atoms with Gasteiger partial charge in [0.1, 0.15) is 5.75 Å². The minimum Gasteiger partial charge on any atom is -0.406 e. The fourth-order valence-electron chi connectivity index (χ4n) is 4.30. The molecule has 3 heterocycles. The third kappa shape index (κ3) is 3.55. The van der Waals surface area contributed by atoms with Gasteiger partial charge in [0.15, 0.2) is 0 Å². The number of carbonyl (C=O) groups is 1. The van der Waals surface area contributed by atoms with E-state index in [1.807, 2.05) is 6.92 Å². The predicted molar refractivity (Wildman–Crippen MR) is 104 cm³/mol. The number of nitrogens with zero attached hydrogens (tertiary/aromatic N) is 3. The van der Waals surface area contributed by atoms with Crippen molar-refractivity contribution in [1.29, 1.82) is 0 Å². The number of aromatic nitrogens is 1. The van der Waals surface area contributed by atoms with Crippen molar-refractivity contribution in [3.63, 3.8) is 0 Å². The van der Waals surface area contributed by atoms with Gasteiger partial charge < -0.3 is 9.64 Å². The molecule has 2 aromatic rings. The van der Waals surface area contributed by atoms with Crippen LogP contribution in [0.4, 0.5) is 13.2 Å². The molecule has 11 heteroatoms. The van der Waals surface area contributed by atoms with E-state index >= 15 is 0 Å². The van der Waals surface area contributed by atoms with E-state index in [0.29, 0.717) is 11.3 Å². The number of piperazine rings is 1. The molecule has 1 unspecified atom stereocenters. The van der Waals surface area contributed by atoms with Crippen LogP contribution in [0, 0.1) is 13.8 Å². The number of alkyl halides is 3. The summed E-state index contributed by atoms with van der Waals surface area (Å²) in [6, 6.07) is 4.93. The summed E-state index contributed by atoms with van der Waals surface area (Å²) in [5, 5.41) is 0. The van der Waals surface area contributed by atoms with Crippen molar-refractivity contribution < 1.29 is 31.1 Å². The van der Waals surface area contributed by atoms with Gasteiger partial charge in [-0.1, -0.05) is 0 Å². The molecule has 1 atom stereocenters. The van der Waals surface area contributed by atoms with E-state index in [9.17, 15) is 26.4 Å². The molecule has 0 radical (unpaired) electrons. The highest BCUT2D eigenvalue weighted by Gasteiger charge is 2.51. The molecule has 1 saturated heterocycles. The van der Waals surface area contributed by atoms with Crippen LogP contribution in [0.1, 0.15) is 34.1 Å². The molecular formula is C20H20F3N3O4S. The van der Waals surface area contributed by atoms with Crippen molar-refractivity contribution in [3.05, 3.63) is 52.8 Å². The van der Waals surface area contributed by atoms with Crippen molar-refractivity contribution in [2.45, 2.75) is 37.6 Å². The Kier molecular flexibility index (Phi) is 4.82. The Morgan fingerprint density at radius 1 is 1.16 bits per heavy atom. The molecule has 4 rings (SSSR count). The van der Waals surface area contributed by atoms with E-state index in [2.05, 4.69) is 9.72 Å². The van der Waals surface area contributed by atoms with Gasteiger partial charge in [0.2, 0.25) is 10.0 Å². The van der Waals surface area contributed by atoms with Crippen molar-refractivity contribution in [2.24, 2.45) is 0 Å². The average Bonchev–Trinajstić information content (AvgIpc) is 2.86. The molecule has 1 aromatic heterocycles. The van der Waals surface area contributed by atoms with Crippen molar-refractivity contribution in [3.8, 4) is 5.75 Å². The number of ether oxygens (including phenoxy) is 1. The Morgan fingerprint density at radius 3 is 2.52 bits per heavy atom. The molecule has 1 fully saturated rings. The molecule has 0 N–H and O–H groups in total. The molecule has 166 valence electrons. The second-order valence-electron chi connectivity index (χ2n) is 7.92. The number of hydrogen-bond acceptors (Lipinski definition) is 5. The highest BCUT2D eigenvalue weighted by atomic mass is 32.2. The molecule has 1 aromatic carbocycles. The largest absolute Gasteiger partial charge is 0.573 e. The van der Waals surface area contributed by atoms with Gasteiger partial charge in [-0.15, -0.1) is 13.2 Å². The topological polar surface area (TPSA) is 79.8 Å². The van der Waals surface area contributed by atoms with Crippen LogP contribution in [0.5, 0.6) is 5.75 Å². The third-order valence-electron chi connectivity index (χ3n) is 5.75. The summed E-state index contributed by atoms with van der Waals surface area (Å²) in [7, 11) is -4.02. The van der Waals surface area contributed by atoms with Crippen LogP contribution in [0.3, 0.4) is 0 Å². The summed E-state index contributed by atoms with van der Waals surface area (Å²) in [6.07, 6.45) is -3.36. The maximum atomic E-state index is 13.3. The third-order valence-corrected chi connectivity index (χ3v) is 7.75. The SMILES string of the molecule is Cc1cc2c(cn1)C(=O)N1CCN(S(=O)(=O)c3ccc(OC(F)(F)F)cc3C)CC21C. The first-order valence-electron chi connectivity index (χ1n) is 9.48. The number of pyridine rings is 1. The molecule has 1 amide bonds. The Bertz CT molecular complexity index is 1180. The van der Waals surface area contributed by atoms with Crippen molar-refractivity contribution in [1.82, 2.24) is 14.2 Å². The first-order chi connectivity index (χ1) is 14.3. The van der Waals surface area contributed by atoms with E-state index in [-0.39, 0.29) is 36.0 Å². The smallest absolute Gasteiger partial charge is 0.406 e. The standard InChI is InChI=1S/C20H20F3N3O4S/c1-12-8-14(30-20(21,22)23)4-5-17(12)31(28,29)25-6-7-26-18(27)15-10-24-13(2)9-16(15)19(26,3)11-25/h4-5,8-10H,6-7,11H2,1-3H3. The van der Waals surface area contributed by atoms with Crippen molar-refractivity contribution >= 4 is 15.9 Å². The van der Waals surface area contributed by atoms with Gasteiger partial charge in [-0.3, -0.25) is 9.78 Å². The van der Waals surface area contributed by atoms with Gasteiger partial charge in [0, 0.05) is 31.5 Å². The zero-order chi connectivity index (χ0) is 22.8. The number of halogens is 3. The van der Waals surface area contributed by atoms with E-state index in [4.69, 9.17) is 0 Å². The minimum absolute atomic E-state index is 0.0256. The number of benzene rings is 1. The van der Waals surface area contributed by atoms with Crippen LogP contribution in [-0.4, -0.2) is 54.5 Å². The van der Waals surface area contributed by atoms with Crippen LogP contribution < -0.4 is 4.74 Å². The highest BCUT2D eigenvalue weighted by Crippen LogP contribution is 2.42. The zero-order valence-corrected chi connectivity index (χ0v) is 17.8. The first-order valence-corrected chi connectivity index (χ1v) is 10.9. The van der Waals surface area contributed by atoms with Crippen LogP contribution in [-0.2, 0) is 15.6 Å². The van der Waals surface area contributed by atoms with Gasteiger partial charge in [-0.2, -0.15) is 4.31 Å². The highest BCUT2D eigenvalue weighted by molar-refractivity contribution is 7.89. The van der Waals surface area contributed by atoms with E-state index in [0.717, 1.165) is 23.8 Å². The van der Waals surface area contributed by atoms with Gasteiger partial charge in [0.05, 0.1) is 16.0 Å². The van der Waals surface area contributed by atoms with Gasteiger partial charge >= 0.3 is 6.36 Å². The molecule has 0 bridgehead atoms. The quantitative estimate of drug-likeness (QED) is 0.711. The number of amides is 1. The molecule has 0 spiro atoms. The Labute approximate surface area is 177 Å². The number of carbonyl (C=O) groups excluding carboxylic acids is 1. The minimum atomic E-state index is -4.87. The summed E-state index contributed by atoms with van der Waals surface area (Å²) in [6.45, 7) is 5.31. The lowest BCUT2D eigenvalue weighted by Gasteiger charge is -2.44. The van der Waals surface area contributed by atoms with Gasteiger partial charge in [-0.05, 0) is 56.2 Å². The number of fused-ring (bicyclic) bond motifs is 3. The average molecular weight is 455 g/mol. The number of aryl methyl sites for hydroxylation is 2. The van der Waals surface area contributed by atoms with Crippen LogP contribution in [0.2, 0.25) is 0 Å². The van der Waals surface area contributed by atoms with E-state index < -0.39 is 27.7 Å². The van der Waals surface area contributed by atoms with E-state index in [1.165, 1.54) is 17.4 Å². The Morgan fingerprint density at radius 2 is 1.87 bits per heavy atom. The summed E-state index contributed by atoms with van der Waals surface area (Å²) in [5.74, 6) is -0.675. The fraction of sp³-hybridized carbons (Fsp3) is 0.400. The van der Waals surface area contributed by atoms with Gasteiger partial charge in [-0.25, -0.2) is 8.42 Å². The summed E-state index contributed by atoms with van der Waals surface area (Å²) < 4.78 is 69.2. The second-order valence-corrected chi connectivity index (χ2v) is 9.82. The molecule has 0 saturated carbocycles. The summed E-state index contributed by atoms with van der Waals surface area (Å²) in [5.41, 5.74) is 1.16. The van der Waals surface area contributed by atoms with Crippen molar-refractivity contribution in [2.75, 3.05) is 19.6 Å². The lowest BCUT2D eigenvalue weighted by molar-refractivity contribution is -0.274. The second kappa shape index (κ2) is 6.92. The number of rotatable bonds is 3. The predicted octanol–water partition coefficient (Wildman–Crippen LogP) is 2.97. The molecule has 31 heavy (non-hydrogen) atoms. The first kappa shape index (κ1) is 21.6. The lowest BCUT2D eigenvalue weighted by Crippen LogP contribution is -2.58. The van der Waals surface area contributed by atoms with Crippen LogP contribution >= 0.6 is 0 Å². The Balaban J connectivity index is 1.68. The molecule has 2 aliphatic rings. The zero-order valence-electron chi connectivity index (χ0n) is 17.0. The van der Waals surface area contributed by atoms with Gasteiger partial charge in [0.25, 0.3) is 5.91 Å². The summed E-state index contributed by atoms with van der Waals surface area (Å²) >= 11 is 0. The lowest BCUT2D eigenvalue weighted by atomic mass is 9.90. The van der Waals surface area contributed by atoms with Crippen LogP contribution in [0.15, 0.2) is 35.4 Å². The number of sulfonamides is 1. The number of hydrogen-bond donors (Lipinski definition) is 0. The maximum Gasteiger partial charge on any atom is 0.573 e. The molecule has 0 aliphatic carbocycles. The molecular weight excluding hydrogens is 435 g/mol.